The van der Waals surface area contributed by atoms with Gasteiger partial charge in [-0.3, -0.25) is 10.5 Å². The fraction of sp³-hybridized carbons (Fsp3) is 0.900. The monoisotopic (exact) mass is 218 g/mol. The molecule has 0 bridgehead atoms. The predicted molar refractivity (Wildman–Crippen MR) is 57.5 cm³/mol. The summed E-state index contributed by atoms with van der Waals surface area (Å²) in [6, 6.07) is 0. The molecule has 5 heteroatoms. The van der Waals surface area contributed by atoms with E-state index in [1.165, 1.54) is 0 Å². The van der Waals surface area contributed by atoms with Gasteiger partial charge in [-0.1, -0.05) is 27.7 Å². The lowest BCUT2D eigenvalue weighted by Crippen LogP contribution is -2.48. The summed E-state index contributed by atoms with van der Waals surface area (Å²) in [7, 11) is 0. The Hall–Kier alpha value is -0.650. The van der Waals surface area contributed by atoms with Crippen molar-refractivity contribution < 1.29 is 14.6 Å². The van der Waals surface area contributed by atoms with E-state index in [0.29, 0.717) is 0 Å². The van der Waals surface area contributed by atoms with Gasteiger partial charge in [-0.25, -0.2) is 0 Å². The van der Waals surface area contributed by atoms with Crippen LogP contribution in [0.3, 0.4) is 0 Å². The molecule has 0 aliphatic heterocycles. The molecule has 2 unspecified atom stereocenters. The molecule has 15 heavy (non-hydrogen) atoms. The van der Waals surface area contributed by atoms with Crippen molar-refractivity contribution in [3.8, 4) is 0 Å². The van der Waals surface area contributed by atoms with Crippen molar-refractivity contribution in [2.45, 2.75) is 46.1 Å². The van der Waals surface area contributed by atoms with Gasteiger partial charge in [0.15, 0.2) is 6.23 Å². The summed E-state index contributed by atoms with van der Waals surface area (Å²) in [6.45, 7) is 7.15. The number of aliphatic hydroxyl groups is 1. The largest absolute Gasteiger partial charge is 0.446 e. The highest BCUT2D eigenvalue weighted by Crippen LogP contribution is 2.15. The van der Waals surface area contributed by atoms with Crippen LogP contribution < -0.4 is 11.5 Å². The molecule has 0 heterocycles. The normalized spacial score (nSPS) is 17.7. The summed E-state index contributed by atoms with van der Waals surface area (Å²) in [4.78, 5) is 11.3. The van der Waals surface area contributed by atoms with Crippen LogP contribution in [-0.4, -0.2) is 23.0 Å². The highest BCUT2D eigenvalue weighted by molar-refractivity contribution is 5.70. The minimum Gasteiger partial charge on any atom is -0.446 e. The maximum absolute atomic E-state index is 11.3. The first-order valence-electron chi connectivity index (χ1n) is 5.13. The molecule has 0 spiro atoms. The van der Waals surface area contributed by atoms with Crippen molar-refractivity contribution in [2.24, 2.45) is 23.3 Å². The average Bonchev–Trinajstić information content (AvgIpc) is 2.01. The maximum Gasteiger partial charge on any atom is 0.311 e. The smallest absolute Gasteiger partial charge is 0.311 e. The van der Waals surface area contributed by atoms with E-state index in [4.69, 9.17) is 16.2 Å². The van der Waals surface area contributed by atoms with Gasteiger partial charge in [0, 0.05) is 5.92 Å². The first-order valence-corrected chi connectivity index (χ1v) is 5.13. The quantitative estimate of drug-likeness (QED) is 0.451. The summed E-state index contributed by atoms with van der Waals surface area (Å²) in [5, 5.41) is 9.65. The van der Waals surface area contributed by atoms with Crippen LogP contribution in [0.25, 0.3) is 0 Å². The minimum absolute atomic E-state index is 0.0406. The summed E-state index contributed by atoms with van der Waals surface area (Å²) < 4.78 is 4.90. The molecule has 0 amide bonds. The molecule has 0 aliphatic rings. The molecule has 0 aromatic carbocycles. The van der Waals surface area contributed by atoms with E-state index in [1.807, 2.05) is 13.8 Å². The molecule has 90 valence electrons. The van der Waals surface area contributed by atoms with Crippen LogP contribution in [0.5, 0.6) is 0 Å². The molecule has 0 fully saturated rings. The van der Waals surface area contributed by atoms with Crippen LogP contribution >= 0.6 is 0 Å². The average molecular weight is 218 g/mol. The van der Waals surface area contributed by atoms with Gasteiger partial charge in [0.1, 0.15) is 5.72 Å². The molecule has 0 aliphatic carbocycles. The number of nitrogens with two attached hydrogens (primary N) is 2. The number of hydrogen-bond donors (Lipinski definition) is 3. The molecule has 0 saturated heterocycles. The van der Waals surface area contributed by atoms with Gasteiger partial charge in [-0.05, 0) is 5.92 Å². The van der Waals surface area contributed by atoms with Crippen LogP contribution in [0.2, 0.25) is 0 Å². The second kappa shape index (κ2) is 5.44. The lowest BCUT2D eigenvalue weighted by atomic mass is 9.97. The van der Waals surface area contributed by atoms with Gasteiger partial charge in [0.05, 0.1) is 6.42 Å². The van der Waals surface area contributed by atoms with Crippen LogP contribution in [-0.2, 0) is 9.53 Å². The van der Waals surface area contributed by atoms with Crippen molar-refractivity contribution in [1.82, 2.24) is 0 Å². The van der Waals surface area contributed by atoms with Gasteiger partial charge in [0.25, 0.3) is 0 Å². The molecule has 5 N–H and O–H groups in total. The van der Waals surface area contributed by atoms with E-state index in [0.717, 1.165) is 0 Å². The first kappa shape index (κ1) is 14.3. The molecule has 0 aromatic rings. The zero-order chi connectivity index (χ0) is 12.2. The first-order chi connectivity index (χ1) is 6.66. The van der Waals surface area contributed by atoms with Crippen molar-refractivity contribution in [3.05, 3.63) is 0 Å². The Bertz CT molecular complexity index is 215. The highest BCUT2D eigenvalue weighted by Gasteiger charge is 2.30. The van der Waals surface area contributed by atoms with E-state index in [2.05, 4.69) is 0 Å². The van der Waals surface area contributed by atoms with E-state index in [-0.39, 0.29) is 18.3 Å². The lowest BCUT2D eigenvalue weighted by molar-refractivity contribution is -0.158. The zero-order valence-corrected chi connectivity index (χ0v) is 9.86. The van der Waals surface area contributed by atoms with Gasteiger partial charge in [-0.2, -0.15) is 0 Å². The third-order valence-corrected chi connectivity index (χ3v) is 2.35. The lowest BCUT2D eigenvalue weighted by Gasteiger charge is -2.27. The van der Waals surface area contributed by atoms with E-state index in [9.17, 15) is 9.90 Å². The summed E-state index contributed by atoms with van der Waals surface area (Å²) in [5.41, 5.74) is 9.54. The summed E-state index contributed by atoms with van der Waals surface area (Å²) in [6.07, 6.45) is -0.897. The number of esters is 1. The molecular formula is C10H22N2O3. The fourth-order valence-corrected chi connectivity index (χ4v) is 0.765. The molecule has 0 saturated carbocycles. The van der Waals surface area contributed by atoms with Gasteiger partial charge < -0.3 is 15.6 Å². The molecule has 0 aromatic heterocycles. The topological polar surface area (TPSA) is 98.6 Å². The maximum atomic E-state index is 11.3. The Morgan fingerprint density at radius 3 is 2.20 bits per heavy atom. The number of hydrogen-bond acceptors (Lipinski definition) is 5. The van der Waals surface area contributed by atoms with Crippen LogP contribution in [0, 0.1) is 11.8 Å². The van der Waals surface area contributed by atoms with Gasteiger partial charge in [0.2, 0.25) is 0 Å². The Balaban J connectivity index is 4.15. The molecule has 2 atom stereocenters. The minimum atomic E-state index is -1.53. The van der Waals surface area contributed by atoms with Crippen LogP contribution in [0.4, 0.5) is 0 Å². The molecule has 0 rings (SSSR count). The van der Waals surface area contributed by atoms with Crippen molar-refractivity contribution in [3.63, 3.8) is 0 Å². The number of carbonyl (C=O) groups excluding carboxylic acids is 1. The van der Waals surface area contributed by atoms with E-state index in [1.54, 1.807) is 13.8 Å². The third kappa shape index (κ3) is 5.11. The number of ether oxygens (including phenoxy) is 1. The molecule has 0 radical (unpaired) electrons. The molecular weight excluding hydrogens is 196 g/mol. The van der Waals surface area contributed by atoms with E-state index >= 15 is 0 Å². The predicted octanol–water partition coefficient (Wildman–Crippen LogP) is 0.164. The van der Waals surface area contributed by atoms with Gasteiger partial charge in [-0.15, -0.1) is 0 Å². The van der Waals surface area contributed by atoms with Crippen molar-refractivity contribution in [1.29, 1.82) is 0 Å². The number of carbonyl (C=O) groups is 1. The summed E-state index contributed by atoms with van der Waals surface area (Å²) in [5.74, 6) is -0.755. The second-order valence-corrected chi connectivity index (χ2v) is 4.52. The fourth-order valence-electron chi connectivity index (χ4n) is 0.765. The van der Waals surface area contributed by atoms with Crippen LogP contribution in [0.15, 0.2) is 0 Å². The Morgan fingerprint density at radius 2 is 1.87 bits per heavy atom. The highest BCUT2D eigenvalue weighted by atomic mass is 16.6. The van der Waals surface area contributed by atoms with E-state index < -0.39 is 17.9 Å². The second-order valence-electron chi connectivity index (χ2n) is 4.52. The zero-order valence-electron chi connectivity index (χ0n) is 9.86. The Morgan fingerprint density at radius 1 is 1.40 bits per heavy atom. The van der Waals surface area contributed by atoms with Crippen molar-refractivity contribution in [2.75, 3.05) is 0 Å². The van der Waals surface area contributed by atoms with Gasteiger partial charge >= 0.3 is 5.97 Å². The third-order valence-electron chi connectivity index (χ3n) is 2.35. The van der Waals surface area contributed by atoms with Crippen molar-refractivity contribution >= 4 is 5.97 Å². The standard InChI is InChI=1S/C10H22N2O3/c1-6(2)9(11)15-8(13)5-10(12,14)7(3)4/h6-7,9,14H,5,11-12H2,1-4H3. The molecule has 5 nitrogen and oxygen atoms in total. The number of rotatable bonds is 5. The SMILES string of the molecule is CC(C)C(N)OC(=O)CC(N)(O)C(C)C. The van der Waals surface area contributed by atoms with Crippen LogP contribution in [0.1, 0.15) is 34.1 Å². The summed E-state index contributed by atoms with van der Waals surface area (Å²) >= 11 is 0. The Kier molecular flexibility index (Phi) is 5.20. The Labute approximate surface area is 90.8 Å².